The van der Waals surface area contributed by atoms with Crippen molar-refractivity contribution in [2.45, 2.75) is 102 Å². The summed E-state index contributed by atoms with van der Waals surface area (Å²) in [6.45, 7) is 29.6. The lowest BCUT2D eigenvalue weighted by atomic mass is 9.72. The van der Waals surface area contributed by atoms with Crippen LogP contribution in [0.3, 0.4) is 0 Å². The van der Waals surface area contributed by atoms with Gasteiger partial charge in [-0.15, -0.1) is 0 Å². The monoisotopic (exact) mass is 468 g/mol. The van der Waals surface area contributed by atoms with E-state index in [0.717, 1.165) is 5.76 Å². The van der Waals surface area contributed by atoms with Crippen LogP contribution in [0.25, 0.3) is 11.3 Å². The molecule has 1 aliphatic carbocycles. The van der Waals surface area contributed by atoms with Gasteiger partial charge < -0.3 is 9.05 Å². The maximum absolute atomic E-state index is 6.56. The first-order valence-electron chi connectivity index (χ1n) is 12.2. The van der Waals surface area contributed by atoms with E-state index in [1.54, 1.807) is 0 Å². The molecule has 0 N–H and O–H groups in total. The SMILES string of the molecule is Cc1cc(C(C)(C)C)cc2c1=C1C=C(C(C)(C)C)C=C(C(C)(C)C)C1OPOC=2C(C)(C)C. The Labute approximate surface area is 204 Å². The molecule has 0 saturated heterocycles. The van der Waals surface area contributed by atoms with Gasteiger partial charge >= 0.3 is 0 Å². The van der Waals surface area contributed by atoms with Crippen molar-refractivity contribution >= 4 is 20.4 Å². The Morgan fingerprint density at radius 1 is 0.727 bits per heavy atom. The largest absolute Gasteiger partial charge is 0.453 e. The van der Waals surface area contributed by atoms with Crippen molar-refractivity contribution in [1.29, 1.82) is 0 Å². The van der Waals surface area contributed by atoms with E-state index in [2.05, 4.69) is 114 Å². The van der Waals surface area contributed by atoms with E-state index in [1.165, 1.54) is 38.3 Å². The third-order valence-electron chi connectivity index (χ3n) is 6.64. The number of hydrogen-bond donors (Lipinski definition) is 0. The van der Waals surface area contributed by atoms with E-state index in [0.29, 0.717) is 0 Å². The van der Waals surface area contributed by atoms with Gasteiger partial charge in [0.15, 0.2) is 0 Å². The average molecular weight is 469 g/mol. The minimum Gasteiger partial charge on any atom is -0.453 e. The summed E-state index contributed by atoms with van der Waals surface area (Å²) in [5.74, 6) is 1.02. The van der Waals surface area contributed by atoms with Crippen LogP contribution in [0.1, 0.15) is 94.2 Å². The van der Waals surface area contributed by atoms with E-state index >= 15 is 0 Å². The molecule has 0 radical (unpaired) electrons. The molecule has 0 bridgehead atoms. The van der Waals surface area contributed by atoms with Crippen LogP contribution in [0.15, 0.2) is 35.4 Å². The van der Waals surface area contributed by atoms with Gasteiger partial charge in [-0.3, -0.25) is 0 Å². The molecule has 0 amide bonds. The Balaban J connectivity index is 2.61. The Hall–Kier alpha value is -1.37. The normalized spacial score (nSPS) is 20.9. The highest BCUT2D eigenvalue weighted by Crippen LogP contribution is 2.45. The predicted molar refractivity (Wildman–Crippen MR) is 145 cm³/mol. The molecule has 2 nitrogen and oxygen atoms in total. The maximum atomic E-state index is 6.56. The van der Waals surface area contributed by atoms with Crippen molar-refractivity contribution in [2.75, 3.05) is 0 Å². The lowest BCUT2D eigenvalue weighted by molar-refractivity contribution is 0.254. The zero-order valence-electron chi connectivity index (χ0n) is 23.2. The van der Waals surface area contributed by atoms with Gasteiger partial charge in [-0.05, 0) is 62.3 Å². The molecule has 2 unspecified atom stereocenters. The van der Waals surface area contributed by atoms with Crippen LogP contribution < -0.4 is 10.4 Å². The highest BCUT2D eigenvalue weighted by atomic mass is 31.1. The lowest BCUT2D eigenvalue weighted by Crippen LogP contribution is -2.42. The van der Waals surface area contributed by atoms with Gasteiger partial charge in [0.2, 0.25) is 9.03 Å². The van der Waals surface area contributed by atoms with E-state index in [-0.39, 0.29) is 36.8 Å². The van der Waals surface area contributed by atoms with Crippen molar-refractivity contribution in [3.8, 4) is 0 Å². The Morgan fingerprint density at radius 2 is 1.33 bits per heavy atom. The van der Waals surface area contributed by atoms with Crippen LogP contribution in [0, 0.1) is 23.2 Å². The zero-order chi connectivity index (χ0) is 25.1. The molecule has 0 aromatic heterocycles. The lowest BCUT2D eigenvalue weighted by Gasteiger charge is -2.38. The van der Waals surface area contributed by atoms with Gasteiger partial charge in [-0.2, -0.15) is 0 Å². The van der Waals surface area contributed by atoms with Crippen LogP contribution in [-0.2, 0) is 14.5 Å². The molecular formula is C30H45O2P. The predicted octanol–water partition coefficient (Wildman–Crippen LogP) is 7.48. The quantitative estimate of drug-likeness (QED) is 0.368. The number of benzene rings is 1. The second-order valence-electron chi connectivity index (χ2n) is 13.9. The number of allylic oxidation sites excluding steroid dienone is 2. The van der Waals surface area contributed by atoms with Crippen molar-refractivity contribution in [3.05, 3.63) is 57.0 Å². The first-order valence-corrected chi connectivity index (χ1v) is 13.1. The number of aryl methyl sites for hydroxylation is 1. The Bertz CT molecular complexity index is 1120. The number of hydrogen-bond acceptors (Lipinski definition) is 2. The molecule has 33 heavy (non-hydrogen) atoms. The molecule has 2 aliphatic rings. The number of fused-ring (bicyclic) bond motifs is 2. The van der Waals surface area contributed by atoms with Crippen LogP contribution >= 0.6 is 9.03 Å². The maximum Gasteiger partial charge on any atom is 0.215 e. The summed E-state index contributed by atoms with van der Waals surface area (Å²) >= 11 is 0. The smallest absolute Gasteiger partial charge is 0.215 e. The fourth-order valence-corrected chi connectivity index (χ4v) is 5.47. The topological polar surface area (TPSA) is 18.5 Å². The minimum atomic E-state index is -0.130. The Morgan fingerprint density at radius 3 is 1.82 bits per heavy atom. The summed E-state index contributed by atoms with van der Waals surface area (Å²) < 4.78 is 13.0. The average Bonchev–Trinajstić information content (AvgIpc) is 2.59. The van der Waals surface area contributed by atoms with Crippen molar-refractivity contribution in [3.63, 3.8) is 0 Å². The van der Waals surface area contributed by atoms with Gasteiger partial charge in [0, 0.05) is 10.6 Å². The molecule has 0 saturated carbocycles. The van der Waals surface area contributed by atoms with E-state index in [1.807, 2.05) is 0 Å². The summed E-state index contributed by atoms with van der Waals surface area (Å²) in [6, 6.07) is 4.75. The van der Waals surface area contributed by atoms with E-state index in [4.69, 9.17) is 9.05 Å². The van der Waals surface area contributed by atoms with Crippen molar-refractivity contribution < 1.29 is 9.05 Å². The second kappa shape index (κ2) is 8.39. The molecule has 1 aliphatic heterocycles. The molecule has 3 rings (SSSR count). The summed E-state index contributed by atoms with van der Waals surface area (Å²) in [5, 5.41) is 2.50. The zero-order valence-corrected chi connectivity index (χ0v) is 24.2. The molecule has 0 spiro atoms. The van der Waals surface area contributed by atoms with Crippen LogP contribution in [0.2, 0.25) is 0 Å². The molecule has 3 heteroatoms. The van der Waals surface area contributed by atoms with Crippen molar-refractivity contribution in [2.24, 2.45) is 16.2 Å². The standard InChI is InChI=1S/C30H45O2P/c1-18-14-19(27(2,3)4)16-22-24(18)21-15-20(28(5,6)7)17-23(29(8,9)10)25(21)31-33-32-26(22)30(11,12)13/h14-17,25,33H,1-13H3. The highest BCUT2D eigenvalue weighted by molar-refractivity contribution is 7.26. The van der Waals surface area contributed by atoms with Crippen molar-refractivity contribution in [1.82, 2.24) is 0 Å². The van der Waals surface area contributed by atoms with Gasteiger partial charge in [0.25, 0.3) is 0 Å². The molecule has 182 valence electrons. The molecule has 1 aromatic rings. The van der Waals surface area contributed by atoms with E-state index in [9.17, 15) is 0 Å². The molecule has 1 heterocycles. The van der Waals surface area contributed by atoms with Crippen LogP contribution in [0.5, 0.6) is 0 Å². The summed E-state index contributed by atoms with van der Waals surface area (Å²) in [6.07, 6.45) is 4.68. The Kier molecular flexibility index (Phi) is 6.67. The second-order valence-corrected chi connectivity index (χ2v) is 14.5. The van der Waals surface area contributed by atoms with Gasteiger partial charge in [-0.1, -0.05) is 101 Å². The first kappa shape index (κ1) is 26.2. The third kappa shape index (κ3) is 5.33. The fourth-order valence-electron chi connectivity index (χ4n) is 4.58. The fraction of sp³-hybridized carbons (Fsp3) is 0.600. The molecule has 0 fully saturated rings. The minimum absolute atomic E-state index is 0.0135. The van der Waals surface area contributed by atoms with Crippen LogP contribution in [0.4, 0.5) is 0 Å². The van der Waals surface area contributed by atoms with Gasteiger partial charge in [0.05, 0.1) is 0 Å². The molecular weight excluding hydrogens is 423 g/mol. The first-order chi connectivity index (χ1) is 14.8. The van der Waals surface area contributed by atoms with Crippen LogP contribution in [-0.4, -0.2) is 6.10 Å². The van der Waals surface area contributed by atoms with E-state index < -0.39 is 0 Å². The highest BCUT2D eigenvalue weighted by Gasteiger charge is 2.36. The summed E-state index contributed by atoms with van der Waals surface area (Å²) in [4.78, 5) is 0. The van der Waals surface area contributed by atoms with Gasteiger partial charge in [0.1, 0.15) is 11.9 Å². The molecule has 1 aromatic carbocycles. The third-order valence-corrected chi connectivity index (χ3v) is 7.26. The summed E-state index contributed by atoms with van der Waals surface area (Å²) in [5.41, 5.74) is 6.55. The molecule has 2 atom stereocenters. The summed E-state index contributed by atoms with van der Waals surface area (Å²) in [7, 11) is -0.0376. The van der Waals surface area contributed by atoms with Gasteiger partial charge in [-0.25, -0.2) is 0 Å². The number of rotatable bonds is 0.